The van der Waals surface area contributed by atoms with E-state index in [1.165, 1.54) is 11.8 Å². The van der Waals surface area contributed by atoms with Crippen molar-refractivity contribution in [2.75, 3.05) is 11.1 Å². The van der Waals surface area contributed by atoms with Crippen LogP contribution in [0.2, 0.25) is 0 Å². The topological polar surface area (TPSA) is 67.8 Å². The van der Waals surface area contributed by atoms with Crippen molar-refractivity contribution >= 4 is 23.5 Å². The molecule has 3 aromatic rings. The molecule has 0 saturated carbocycles. The van der Waals surface area contributed by atoms with Crippen LogP contribution in [0.1, 0.15) is 5.69 Å². The summed E-state index contributed by atoms with van der Waals surface area (Å²) in [4.78, 5) is 16.2. The van der Waals surface area contributed by atoms with Gasteiger partial charge in [0.15, 0.2) is 0 Å². The van der Waals surface area contributed by atoms with Crippen LogP contribution in [-0.2, 0) is 4.79 Å². The number of hydrogen-bond donors (Lipinski definition) is 1. The number of pyridine rings is 1. The molecule has 6 heteroatoms. The standard InChI is InChI=1S/C18H16N4OS/c1-13-6-5-9-16(19-13)20-17(23)12-24-18-11-10-15(21-22-18)14-7-3-2-4-8-14/h2-11H,12H2,1H3,(H,19,20,23). The largest absolute Gasteiger partial charge is 0.310 e. The van der Waals surface area contributed by atoms with Gasteiger partial charge in [0.2, 0.25) is 5.91 Å². The fourth-order valence-electron chi connectivity index (χ4n) is 2.09. The van der Waals surface area contributed by atoms with E-state index >= 15 is 0 Å². The number of nitrogens with one attached hydrogen (secondary N) is 1. The lowest BCUT2D eigenvalue weighted by atomic mass is 10.1. The van der Waals surface area contributed by atoms with Gasteiger partial charge >= 0.3 is 0 Å². The molecular weight excluding hydrogens is 320 g/mol. The Labute approximate surface area is 144 Å². The highest BCUT2D eigenvalue weighted by Crippen LogP contribution is 2.19. The van der Waals surface area contributed by atoms with Crippen molar-refractivity contribution in [3.05, 3.63) is 66.4 Å². The zero-order valence-corrected chi connectivity index (χ0v) is 14.0. The summed E-state index contributed by atoms with van der Waals surface area (Å²) in [6, 6.07) is 19.1. The van der Waals surface area contributed by atoms with Gasteiger partial charge in [-0.25, -0.2) is 4.98 Å². The second-order valence-electron chi connectivity index (χ2n) is 5.12. The van der Waals surface area contributed by atoms with Gasteiger partial charge in [-0.1, -0.05) is 48.2 Å². The Bertz CT molecular complexity index is 822. The number of rotatable bonds is 5. The van der Waals surface area contributed by atoms with Crippen molar-refractivity contribution in [2.45, 2.75) is 11.9 Å². The summed E-state index contributed by atoms with van der Waals surface area (Å²) >= 11 is 1.34. The zero-order chi connectivity index (χ0) is 16.8. The Morgan fingerprint density at radius 3 is 2.54 bits per heavy atom. The monoisotopic (exact) mass is 336 g/mol. The number of hydrogen-bond acceptors (Lipinski definition) is 5. The van der Waals surface area contributed by atoms with E-state index < -0.39 is 0 Å². The second kappa shape index (κ2) is 7.70. The van der Waals surface area contributed by atoms with Crippen LogP contribution in [0.5, 0.6) is 0 Å². The van der Waals surface area contributed by atoms with Crippen molar-refractivity contribution in [3.8, 4) is 11.3 Å². The zero-order valence-electron chi connectivity index (χ0n) is 13.1. The third-order valence-corrected chi connectivity index (χ3v) is 4.14. The van der Waals surface area contributed by atoms with E-state index in [0.29, 0.717) is 10.8 Å². The molecule has 0 spiro atoms. The highest BCUT2D eigenvalue weighted by Gasteiger charge is 2.06. The van der Waals surface area contributed by atoms with Crippen LogP contribution in [-0.4, -0.2) is 26.8 Å². The van der Waals surface area contributed by atoms with E-state index in [4.69, 9.17) is 0 Å². The second-order valence-corrected chi connectivity index (χ2v) is 6.12. The first-order valence-corrected chi connectivity index (χ1v) is 8.45. The Morgan fingerprint density at radius 1 is 1.00 bits per heavy atom. The summed E-state index contributed by atoms with van der Waals surface area (Å²) in [5.74, 6) is 0.702. The highest BCUT2D eigenvalue weighted by atomic mass is 32.2. The number of anilines is 1. The first-order valence-electron chi connectivity index (χ1n) is 7.46. The van der Waals surface area contributed by atoms with Gasteiger partial charge in [-0.3, -0.25) is 4.79 Å². The molecule has 0 atom stereocenters. The van der Waals surface area contributed by atoms with Gasteiger partial charge in [0.05, 0.1) is 11.4 Å². The molecule has 0 aliphatic carbocycles. The average Bonchev–Trinajstić information content (AvgIpc) is 2.61. The third-order valence-electron chi connectivity index (χ3n) is 3.22. The van der Waals surface area contributed by atoms with E-state index in [-0.39, 0.29) is 11.7 Å². The van der Waals surface area contributed by atoms with Crippen LogP contribution in [0.3, 0.4) is 0 Å². The van der Waals surface area contributed by atoms with Crippen molar-refractivity contribution in [1.29, 1.82) is 0 Å². The SMILES string of the molecule is Cc1cccc(NC(=O)CSc2ccc(-c3ccccc3)nn2)n1. The molecule has 120 valence electrons. The molecule has 0 saturated heterocycles. The van der Waals surface area contributed by atoms with E-state index in [0.717, 1.165) is 17.0 Å². The normalized spacial score (nSPS) is 10.4. The van der Waals surface area contributed by atoms with Gasteiger partial charge in [0.1, 0.15) is 10.8 Å². The van der Waals surface area contributed by atoms with Gasteiger partial charge < -0.3 is 5.32 Å². The van der Waals surface area contributed by atoms with Crippen LogP contribution in [0.4, 0.5) is 5.82 Å². The maximum absolute atomic E-state index is 12.0. The molecular formula is C18H16N4OS. The summed E-state index contributed by atoms with van der Waals surface area (Å²) in [6.45, 7) is 1.88. The summed E-state index contributed by atoms with van der Waals surface area (Å²) in [6.07, 6.45) is 0. The molecule has 2 aromatic heterocycles. The van der Waals surface area contributed by atoms with Gasteiger partial charge in [-0.2, -0.15) is 0 Å². The molecule has 0 aliphatic rings. The Kier molecular flexibility index (Phi) is 5.18. The summed E-state index contributed by atoms with van der Waals surface area (Å²) in [5.41, 5.74) is 2.70. The quantitative estimate of drug-likeness (QED) is 0.721. The third kappa shape index (κ3) is 4.39. The van der Waals surface area contributed by atoms with Gasteiger partial charge in [-0.05, 0) is 31.2 Å². The number of aryl methyl sites for hydroxylation is 1. The predicted octanol–water partition coefficient (Wildman–Crippen LogP) is 3.58. The number of aromatic nitrogens is 3. The molecule has 1 amide bonds. The number of benzene rings is 1. The molecule has 0 fully saturated rings. The minimum Gasteiger partial charge on any atom is -0.310 e. The molecule has 24 heavy (non-hydrogen) atoms. The summed E-state index contributed by atoms with van der Waals surface area (Å²) in [5, 5.41) is 11.9. The van der Waals surface area contributed by atoms with E-state index in [1.54, 1.807) is 6.07 Å². The highest BCUT2D eigenvalue weighted by molar-refractivity contribution is 7.99. The lowest BCUT2D eigenvalue weighted by molar-refractivity contribution is -0.113. The molecule has 1 aromatic carbocycles. The molecule has 2 heterocycles. The molecule has 3 rings (SSSR count). The summed E-state index contributed by atoms with van der Waals surface area (Å²) in [7, 11) is 0. The van der Waals surface area contributed by atoms with Crippen LogP contribution in [0.25, 0.3) is 11.3 Å². The number of carbonyl (C=O) groups excluding carboxylic acids is 1. The number of carbonyl (C=O) groups is 1. The molecule has 0 radical (unpaired) electrons. The van der Waals surface area contributed by atoms with Gasteiger partial charge in [-0.15, -0.1) is 10.2 Å². The number of thioether (sulfide) groups is 1. The molecule has 0 unspecified atom stereocenters. The van der Waals surface area contributed by atoms with Crippen LogP contribution in [0.15, 0.2) is 65.7 Å². The molecule has 1 N–H and O–H groups in total. The van der Waals surface area contributed by atoms with Crippen molar-refractivity contribution in [2.24, 2.45) is 0 Å². The minimum atomic E-state index is -0.118. The lowest BCUT2D eigenvalue weighted by Crippen LogP contribution is -2.15. The van der Waals surface area contributed by atoms with Crippen LogP contribution >= 0.6 is 11.8 Å². The predicted molar refractivity (Wildman–Crippen MR) is 95.8 cm³/mol. The van der Waals surface area contributed by atoms with E-state index in [9.17, 15) is 4.79 Å². The first-order chi connectivity index (χ1) is 11.7. The van der Waals surface area contributed by atoms with Crippen LogP contribution < -0.4 is 5.32 Å². The average molecular weight is 336 g/mol. The van der Waals surface area contributed by atoms with Crippen molar-refractivity contribution in [1.82, 2.24) is 15.2 Å². The van der Waals surface area contributed by atoms with Crippen molar-refractivity contribution in [3.63, 3.8) is 0 Å². The molecule has 0 bridgehead atoms. The first kappa shape index (κ1) is 16.1. The molecule has 5 nitrogen and oxygen atoms in total. The smallest absolute Gasteiger partial charge is 0.235 e. The fraction of sp³-hybridized carbons (Fsp3) is 0.111. The maximum atomic E-state index is 12.0. The lowest BCUT2D eigenvalue weighted by Gasteiger charge is -2.05. The Hall–Kier alpha value is -2.73. The molecule has 0 aliphatic heterocycles. The summed E-state index contributed by atoms with van der Waals surface area (Å²) < 4.78 is 0. The number of nitrogens with zero attached hydrogens (tertiary/aromatic N) is 3. The Balaban J connectivity index is 1.56. The van der Waals surface area contributed by atoms with Gasteiger partial charge in [0.25, 0.3) is 0 Å². The van der Waals surface area contributed by atoms with E-state index in [1.807, 2.05) is 61.5 Å². The minimum absolute atomic E-state index is 0.118. The maximum Gasteiger partial charge on any atom is 0.235 e. The number of amides is 1. The van der Waals surface area contributed by atoms with Crippen molar-refractivity contribution < 1.29 is 4.79 Å². The fourth-order valence-corrected chi connectivity index (χ4v) is 2.70. The van der Waals surface area contributed by atoms with Gasteiger partial charge in [0, 0.05) is 11.3 Å². The van der Waals surface area contributed by atoms with E-state index in [2.05, 4.69) is 20.5 Å². The van der Waals surface area contributed by atoms with Crippen LogP contribution in [0, 0.1) is 6.92 Å². The Morgan fingerprint density at radius 2 is 1.83 bits per heavy atom.